The van der Waals surface area contributed by atoms with Gasteiger partial charge in [-0.1, -0.05) is 57.7 Å². The molecule has 0 radical (unpaired) electrons. The number of unbranched alkanes of at least 4 members (excludes halogenated alkanes) is 2. The molecule has 0 spiro atoms. The fourth-order valence-electron chi connectivity index (χ4n) is 6.73. The molecule has 15 N–H and O–H groups in total. The maximum atomic E-state index is 14.3. The highest BCUT2D eigenvalue weighted by Gasteiger charge is 2.29. The normalized spacial score (nSPS) is 13.3. The van der Waals surface area contributed by atoms with Gasteiger partial charge in [0.1, 0.15) is 15.5 Å². The van der Waals surface area contributed by atoms with Crippen molar-refractivity contribution < 1.29 is 36.0 Å². The van der Waals surface area contributed by atoms with Crippen molar-refractivity contribution in [1.29, 1.82) is 5.41 Å². The van der Waals surface area contributed by atoms with Crippen molar-refractivity contribution in [2.24, 2.45) is 44.6 Å². The third kappa shape index (κ3) is 16.4. The van der Waals surface area contributed by atoms with Crippen molar-refractivity contribution in [3.05, 3.63) is 56.1 Å². The molecule has 0 aromatic heterocycles. The van der Waals surface area contributed by atoms with Crippen molar-refractivity contribution in [1.82, 2.24) is 0 Å². The number of aliphatic imine (C=N–C) groups is 2. The average molecular weight is 1070 g/mol. The molecule has 1 aliphatic rings. The number of nitrogens with two attached hydrogens (primary N) is 5. The Morgan fingerprint density at radius 3 is 1.68 bits per heavy atom. The average Bonchev–Trinajstić information content (AvgIpc) is 3.43. The van der Waals surface area contributed by atoms with Crippen LogP contribution < -0.4 is 49.9 Å². The Balaban J connectivity index is 2.01. The molecule has 65 heavy (non-hydrogen) atoms. The van der Waals surface area contributed by atoms with Gasteiger partial charge in [0.05, 0.1) is 40.1 Å². The second-order valence-corrected chi connectivity index (χ2v) is 20.8. The number of amidine groups is 1. The van der Waals surface area contributed by atoms with E-state index in [2.05, 4.69) is 63.1 Å². The Kier molecular flexibility index (Phi) is 21.4. The molecule has 24 heteroatoms. The van der Waals surface area contributed by atoms with Gasteiger partial charge in [0.25, 0.3) is 11.8 Å². The number of amides is 4. The first-order valence-electron chi connectivity index (χ1n) is 20.8. The zero-order chi connectivity index (χ0) is 48.5. The van der Waals surface area contributed by atoms with Crippen LogP contribution in [0.5, 0.6) is 0 Å². The van der Waals surface area contributed by atoms with Gasteiger partial charge >= 0.3 is 0 Å². The number of sulfone groups is 2. The van der Waals surface area contributed by atoms with Crippen LogP contribution in [0.1, 0.15) is 78.1 Å². The fraction of sp³-hybridized carbons (Fsp3) is 0.439. The number of hydrogen-bond donors (Lipinski definition) is 10. The van der Waals surface area contributed by atoms with E-state index in [1.54, 1.807) is 6.92 Å². The molecule has 0 bridgehead atoms. The molecule has 1 atom stereocenters. The van der Waals surface area contributed by atoms with E-state index in [1.165, 1.54) is 36.6 Å². The van der Waals surface area contributed by atoms with E-state index < -0.39 is 59.7 Å². The van der Waals surface area contributed by atoms with Gasteiger partial charge in [0, 0.05) is 65.5 Å². The molecule has 0 aliphatic carbocycles. The Morgan fingerprint density at radius 1 is 0.754 bits per heavy atom. The maximum absolute atomic E-state index is 14.3. The smallest absolute Gasteiger partial charge is 0.274 e. The summed E-state index contributed by atoms with van der Waals surface area (Å²) in [6, 6.07) is 5.47. The number of carbonyl (C=O) groups excluding carboxylic acids is 4. The molecule has 0 fully saturated rings. The van der Waals surface area contributed by atoms with E-state index in [4.69, 9.17) is 34.1 Å². The number of halogens is 2. The topological polar surface area (TPSA) is 363 Å². The number of nitrogens with zero attached hydrogens (tertiary/aromatic N) is 2. The summed E-state index contributed by atoms with van der Waals surface area (Å²) >= 11 is 6.69. The number of rotatable bonds is 25. The fourth-order valence-corrected chi connectivity index (χ4v) is 10.5. The lowest BCUT2D eigenvalue weighted by Crippen LogP contribution is -2.24. The van der Waals surface area contributed by atoms with Gasteiger partial charge in [-0.05, 0) is 68.9 Å². The molecule has 3 rings (SSSR count). The van der Waals surface area contributed by atoms with Crippen LogP contribution in [0, 0.1) is 11.3 Å². The number of allylic oxidation sites excluding steroid dienone is 1. The van der Waals surface area contributed by atoms with Crippen LogP contribution >= 0.6 is 31.9 Å². The Labute approximate surface area is 396 Å². The molecule has 2 aromatic rings. The summed E-state index contributed by atoms with van der Waals surface area (Å²) in [5, 5.41) is 18.3. The summed E-state index contributed by atoms with van der Waals surface area (Å²) in [6.45, 7) is 3.46. The molecular weight excluding hydrogens is 1010 g/mol. The third-order valence-corrected chi connectivity index (χ3v) is 14.5. The van der Waals surface area contributed by atoms with Crippen molar-refractivity contribution in [3.63, 3.8) is 0 Å². The van der Waals surface area contributed by atoms with E-state index in [0.717, 1.165) is 0 Å². The number of nitrogens with one attached hydrogen (secondary N) is 5. The second kappa shape index (κ2) is 25.6. The molecule has 2 aromatic carbocycles. The molecule has 1 aliphatic heterocycles. The van der Waals surface area contributed by atoms with Crippen LogP contribution in [-0.4, -0.2) is 89.6 Å². The van der Waals surface area contributed by atoms with Crippen LogP contribution in [0.3, 0.4) is 0 Å². The van der Waals surface area contributed by atoms with E-state index >= 15 is 0 Å². The van der Waals surface area contributed by atoms with Gasteiger partial charge in [-0.25, -0.2) is 16.8 Å². The monoisotopic (exact) mass is 1070 g/mol. The van der Waals surface area contributed by atoms with Gasteiger partial charge in [-0.2, -0.15) is 0 Å². The summed E-state index contributed by atoms with van der Waals surface area (Å²) in [5.74, 6) is -3.89. The SMILES string of the molecule is CCC1=C(C(=O)Nc2cc(Br)cc(NC(=O)CCCCC(CC)C(=N)N)c2S(=O)(=O)CCN)C=C(C(=O)Nc2cc(Br)cc(NC(=O)CCCCN=C(N)N)c2S(=O)(=O)CCN)N=CC1. The number of anilines is 4. The minimum atomic E-state index is -4.23. The minimum absolute atomic E-state index is 0.00296. The summed E-state index contributed by atoms with van der Waals surface area (Å²) < 4.78 is 55.5. The molecule has 0 saturated carbocycles. The molecule has 1 heterocycles. The lowest BCUT2D eigenvalue weighted by Gasteiger charge is -2.19. The van der Waals surface area contributed by atoms with Crippen LogP contribution in [0.2, 0.25) is 0 Å². The van der Waals surface area contributed by atoms with Crippen LogP contribution in [0.25, 0.3) is 0 Å². The molecular formula is C41H58Br2N12O8S2. The summed E-state index contributed by atoms with van der Waals surface area (Å²) in [6.07, 6.45) is 6.31. The largest absolute Gasteiger partial charge is 0.387 e. The maximum Gasteiger partial charge on any atom is 0.274 e. The van der Waals surface area contributed by atoms with Gasteiger partial charge in [0.2, 0.25) is 11.8 Å². The highest BCUT2D eigenvalue weighted by molar-refractivity contribution is 9.10. The summed E-state index contributed by atoms with van der Waals surface area (Å²) in [4.78, 5) is 61.9. The molecule has 20 nitrogen and oxygen atoms in total. The first-order chi connectivity index (χ1) is 30.7. The van der Waals surface area contributed by atoms with Gasteiger partial charge in [-0.3, -0.25) is 34.6 Å². The highest BCUT2D eigenvalue weighted by Crippen LogP contribution is 2.37. The first-order valence-corrected chi connectivity index (χ1v) is 25.7. The van der Waals surface area contributed by atoms with Crippen LogP contribution in [0.15, 0.2) is 75.9 Å². The lowest BCUT2D eigenvalue weighted by molar-refractivity contribution is -0.117. The number of benzene rings is 2. The standard InChI is InChI=1S/C41H58Br2N12O8S2/c1-3-24-12-16-50-33(40(59)55-32-22-27(43)20-30(37(32)65(62,63)18-14-45)53-35(57)11-7-8-15-51-41(48)49)23-28(24)39(58)54-31-21-26(42)19-29(36(31)64(60,61)17-13-44)52-34(56)10-6-5-9-25(4-2)38(46)47/h16,19-23,25H,3-15,17-18,44-45H2,1-2H3,(H3,46,47)(H,52,56)(H,53,57)(H,54,58)(H,55,59)(H4,48,49,51). The molecule has 1 unspecified atom stereocenters. The van der Waals surface area contributed by atoms with E-state index in [-0.39, 0.29) is 89.0 Å². The lowest BCUT2D eigenvalue weighted by atomic mass is 9.97. The third-order valence-electron chi connectivity index (χ3n) is 9.93. The number of guanidine groups is 1. The Bertz CT molecular complexity index is 2470. The zero-order valence-corrected chi connectivity index (χ0v) is 41.1. The molecule has 4 amide bonds. The quantitative estimate of drug-likeness (QED) is 0.0380. The predicted octanol–water partition coefficient (Wildman–Crippen LogP) is 4.16. The summed E-state index contributed by atoms with van der Waals surface area (Å²) in [5.41, 5.74) is 27.3. The Morgan fingerprint density at radius 2 is 1.23 bits per heavy atom. The highest BCUT2D eigenvalue weighted by atomic mass is 79.9. The van der Waals surface area contributed by atoms with Gasteiger partial charge in [-0.15, -0.1) is 0 Å². The first kappa shape index (κ1) is 54.3. The van der Waals surface area contributed by atoms with Crippen molar-refractivity contribution in [3.8, 4) is 0 Å². The number of hydrogen-bond acceptors (Lipinski definition) is 13. The van der Waals surface area contributed by atoms with Crippen LogP contribution in [-0.2, 0) is 38.9 Å². The van der Waals surface area contributed by atoms with Crippen molar-refractivity contribution in [2.45, 2.75) is 87.8 Å². The summed E-state index contributed by atoms with van der Waals surface area (Å²) in [7, 11) is -8.45. The van der Waals surface area contributed by atoms with Crippen molar-refractivity contribution >= 4 is 116 Å². The predicted molar refractivity (Wildman–Crippen MR) is 262 cm³/mol. The van der Waals surface area contributed by atoms with Crippen LogP contribution in [0.4, 0.5) is 22.7 Å². The second-order valence-electron chi connectivity index (χ2n) is 14.9. The van der Waals surface area contributed by atoms with E-state index in [0.29, 0.717) is 66.0 Å². The number of carbonyl (C=O) groups is 4. The minimum Gasteiger partial charge on any atom is -0.387 e. The van der Waals surface area contributed by atoms with E-state index in [1.807, 2.05) is 6.92 Å². The zero-order valence-electron chi connectivity index (χ0n) is 36.3. The van der Waals surface area contributed by atoms with Gasteiger partial charge < -0.3 is 49.9 Å². The van der Waals surface area contributed by atoms with Crippen molar-refractivity contribution in [2.75, 3.05) is 52.4 Å². The molecule has 0 saturated heterocycles. The Hall–Kier alpha value is -5.01. The van der Waals surface area contributed by atoms with E-state index in [9.17, 15) is 36.0 Å². The molecule has 356 valence electrons. The van der Waals surface area contributed by atoms with Gasteiger partial charge in [0.15, 0.2) is 25.6 Å².